The molecule has 1 atom stereocenters. The average molecular weight is 410 g/mol. The van der Waals surface area contributed by atoms with Crippen molar-refractivity contribution in [2.45, 2.75) is 23.8 Å². The van der Waals surface area contributed by atoms with Gasteiger partial charge in [0.05, 0.1) is 11.4 Å². The Morgan fingerprint density at radius 3 is 2.73 bits per heavy atom. The summed E-state index contributed by atoms with van der Waals surface area (Å²) in [5.41, 5.74) is 0. The number of aliphatic carboxylic acids is 1. The van der Waals surface area contributed by atoms with E-state index in [2.05, 4.69) is 10.0 Å². The number of nitrogens with zero attached hydrogens (tertiary/aromatic N) is 1. The van der Waals surface area contributed by atoms with Gasteiger partial charge in [0.1, 0.15) is 12.4 Å². The highest BCUT2D eigenvalue weighted by molar-refractivity contribution is 7.89. The van der Waals surface area contributed by atoms with Crippen molar-refractivity contribution >= 4 is 34.3 Å². The van der Waals surface area contributed by atoms with Gasteiger partial charge in [-0.25, -0.2) is 17.5 Å². The topological polar surface area (TPSA) is 116 Å². The van der Waals surface area contributed by atoms with Crippen LogP contribution >= 0.6 is 12.4 Å². The zero-order valence-corrected chi connectivity index (χ0v) is 15.5. The minimum Gasteiger partial charge on any atom is -0.480 e. The third-order valence-corrected chi connectivity index (χ3v) is 5.26. The predicted molar refractivity (Wildman–Crippen MR) is 94.1 cm³/mol. The fourth-order valence-electron chi connectivity index (χ4n) is 2.65. The van der Waals surface area contributed by atoms with Crippen LogP contribution in [0.5, 0.6) is 0 Å². The molecule has 1 amide bonds. The third kappa shape index (κ3) is 6.87. The number of benzene rings is 1. The molecule has 1 aliphatic heterocycles. The molecule has 11 heteroatoms. The van der Waals surface area contributed by atoms with Gasteiger partial charge in [0, 0.05) is 12.6 Å². The lowest BCUT2D eigenvalue weighted by atomic mass is 10.1. The zero-order valence-electron chi connectivity index (χ0n) is 13.9. The molecule has 1 aromatic carbocycles. The maximum atomic E-state index is 13.2. The Morgan fingerprint density at radius 1 is 1.35 bits per heavy atom. The molecule has 1 heterocycles. The van der Waals surface area contributed by atoms with Crippen molar-refractivity contribution in [2.75, 3.05) is 26.2 Å². The Morgan fingerprint density at radius 2 is 2.08 bits per heavy atom. The van der Waals surface area contributed by atoms with Crippen LogP contribution in [0.3, 0.4) is 0 Å². The van der Waals surface area contributed by atoms with Crippen LogP contribution in [0.2, 0.25) is 0 Å². The van der Waals surface area contributed by atoms with Crippen molar-refractivity contribution < 1.29 is 27.5 Å². The van der Waals surface area contributed by atoms with E-state index in [1.165, 1.54) is 12.1 Å². The number of nitrogens with one attached hydrogen (secondary N) is 2. The summed E-state index contributed by atoms with van der Waals surface area (Å²) in [6.45, 7) is 0.460. The Hall–Kier alpha value is -1.75. The van der Waals surface area contributed by atoms with Crippen LogP contribution in [0.1, 0.15) is 12.8 Å². The van der Waals surface area contributed by atoms with Gasteiger partial charge in [-0.2, -0.15) is 0 Å². The molecule has 3 N–H and O–H groups in total. The Kier molecular flexibility index (Phi) is 8.41. The van der Waals surface area contributed by atoms with E-state index in [9.17, 15) is 22.4 Å². The fourth-order valence-corrected chi connectivity index (χ4v) is 3.94. The number of carbonyl (C=O) groups is 2. The summed E-state index contributed by atoms with van der Waals surface area (Å²) in [5.74, 6) is -2.20. The van der Waals surface area contributed by atoms with Crippen molar-refractivity contribution in [3.05, 3.63) is 30.1 Å². The van der Waals surface area contributed by atoms with Gasteiger partial charge in [-0.1, -0.05) is 6.07 Å². The van der Waals surface area contributed by atoms with Crippen molar-refractivity contribution in [1.82, 2.24) is 14.9 Å². The molecule has 1 unspecified atom stereocenters. The number of carboxylic acid groups (broad SMARTS) is 1. The Balaban J connectivity index is 0.00000338. The zero-order chi connectivity index (χ0) is 18.4. The molecular weight excluding hydrogens is 389 g/mol. The maximum Gasteiger partial charge on any atom is 0.322 e. The number of sulfonamides is 1. The van der Waals surface area contributed by atoms with Crippen LogP contribution in [0.15, 0.2) is 29.2 Å². The van der Waals surface area contributed by atoms with E-state index in [4.69, 9.17) is 5.11 Å². The summed E-state index contributed by atoms with van der Waals surface area (Å²) in [7, 11) is -3.85. The van der Waals surface area contributed by atoms with Crippen LogP contribution in [0, 0.1) is 5.82 Å². The molecule has 1 fully saturated rings. The smallest absolute Gasteiger partial charge is 0.322 e. The molecule has 0 aromatic heterocycles. The molecule has 8 nitrogen and oxygen atoms in total. The van der Waals surface area contributed by atoms with Crippen LogP contribution in [-0.2, 0) is 19.6 Å². The first-order valence-corrected chi connectivity index (χ1v) is 9.23. The number of carbonyl (C=O) groups excluding carboxylic acids is 1. The highest BCUT2D eigenvalue weighted by Gasteiger charge is 2.26. The molecule has 26 heavy (non-hydrogen) atoms. The number of likely N-dealkylation sites (tertiary alicyclic amines) is 1. The first kappa shape index (κ1) is 22.3. The number of hydrogen-bond acceptors (Lipinski definition) is 5. The molecule has 1 aliphatic rings. The second kappa shape index (κ2) is 9.81. The summed E-state index contributed by atoms with van der Waals surface area (Å²) in [4.78, 5) is 23.7. The van der Waals surface area contributed by atoms with Crippen LogP contribution < -0.4 is 10.0 Å². The maximum absolute atomic E-state index is 13.2. The van der Waals surface area contributed by atoms with E-state index in [1.54, 1.807) is 4.90 Å². The number of rotatable bonds is 7. The van der Waals surface area contributed by atoms with Gasteiger partial charge in [0.15, 0.2) is 0 Å². The molecule has 0 spiro atoms. The number of amides is 1. The molecule has 0 saturated carbocycles. The lowest BCUT2D eigenvalue weighted by Crippen LogP contribution is -2.50. The van der Waals surface area contributed by atoms with E-state index in [0.717, 1.165) is 12.1 Å². The second-order valence-electron chi connectivity index (χ2n) is 5.82. The molecule has 1 aromatic rings. The number of hydrogen-bond donors (Lipinski definition) is 3. The van der Waals surface area contributed by atoms with Gasteiger partial charge in [0.25, 0.3) is 0 Å². The van der Waals surface area contributed by atoms with Crippen LogP contribution in [0.4, 0.5) is 4.39 Å². The third-order valence-electron chi connectivity index (χ3n) is 3.74. The molecule has 146 valence electrons. The fraction of sp³-hybridized carbons (Fsp3) is 0.467. The molecular formula is C15H21ClFN3O5S. The first-order chi connectivity index (χ1) is 11.8. The number of halogens is 2. The number of piperidine rings is 1. The standard InChI is InChI=1S/C15H20FN3O5S.ClH/c16-11-3-1-5-13(7-11)25(23,24)18-12-4-2-6-19(9-12)10-14(20)17-8-15(21)22;/h1,3,5,7,12,18H,2,4,6,8-10H2,(H,17,20)(H,21,22);1H. The Labute approximate surface area is 157 Å². The summed E-state index contributed by atoms with van der Waals surface area (Å²) in [6.07, 6.45) is 1.28. The van der Waals surface area contributed by atoms with Crippen molar-refractivity contribution in [3.8, 4) is 0 Å². The van der Waals surface area contributed by atoms with E-state index in [1.807, 2.05) is 0 Å². The van der Waals surface area contributed by atoms with E-state index in [-0.39, 0.29) is 23.8 Å². The van der Waals surface area contributed by atoms with Crippen molar-refractivity contribution in [1.29, 1.82) is 0 Å². The molecule has 1 saturated heterocycles. The first-order valence-electron chi connectivity index (χ1n) is 7.75. The highest BCUT2D eigenvalue weighted by atomic mass is 35.5. The predicted octanol–water partition coefficient (Wildman–Crippen LogP) is 0.191. The van der Waals surface area contributed by atoms with Gasteiger partial charge < -0.3 is 10.4 Å². The van der Waals surface area contributed by atoms with E-state index >= 15 is 0 Å². The largest absolute Gasteiger partial charge is 0.480 e. The minimum atomic E-state index is -3.85. The van der Waals surface area contributed by atoms with Crippen LogP contribution in [-0.4, -0.2) is 62.5 Å². The SMILES string of the molecule is Cl.O=C(O)CNC(=O)CN1CCCC(NS(=O)(=O)c2cccc(F)c2)C1. The monoisotopic (exact) mass is 409 g/mol. The van der Waals surface area contributed by atoms with Gasteiger partial charge in [-0.05, 0) is 37.6 Å². The quantitative estimate of drug-likeness (QED) is 0.592. The summed E-state index contributed by atoms with van der Waals surface area (Å²) in [5, 5.41) is 10.8. The molecule has 0 bridgehead atoms. The molecule has 2 rings (SSSR count). The lowest BCUT2D eigenvalue weighted by molar-refractivity contribution is -0.138. The lowest BCUT2D eigenvalue weighted by Gasteiger charge is -2.32. The molecule has 0 aliphatic carbocycles. The summed E-state index contributed by atoms with van der Waals surface area (Å²) < 4.78 is 40.4. The Bertz CT molecular complexity index is 747. The highest BCUT2D eigenvalue weighted by Crippen LogP contribution is 2.15. The second-order valence-corrected chi connectivity index (χ2v) is 7.54. The average Bonchev–Trinajstić information content (AvgIpc) is 2.53. The van der Waals surface area contributed by atoms with Gasteiger partial charge >= 0.3 is 5.97 Å². The minimum absolute atomic E-state index is 0. The van der Waals surface area contributed by atoms with Gasteiger partial charge in [-0.3, -0.25) is 14.5 Å². The molecule has 0 radical (unpaired) electrons. The van der Waals surface area contributed by atoms with Crippen LogP contribution in [0.25, 0.3) is 0 Å². The van der Waals surface area contributed by atoms with Crippen molar-refractivity contribution in [3.63, 3.8) is 0 Å². The van der Waals surface area contributed by atoms with Gasteiger partial charge in [-0.15, -0.1) is 12.4 Å². The van der Waals surface area contributed by atoms with E-state index in [0.29, 0.717) is 25.9 Å². The van der Waals surface area contributed by atoms with Crippen molar-refractivity contribution in [2.24, 2.45) is 0 Å². The summed E-state index contributed by atoms with van der Waals surface area (Å²) >= 11 is 0. The number of carboxylic acids is 1. The summed E-state index contributed by atoms with van der Waals surface area (Å²) in [6, 6.07) is 4.34. The van der Waals surface area contributed by atoms with E-state index < -0.39 is 40.3 Å². The van der Waals surface area contributed by atoms with Gasteiger partial charge in [0.2, 0.25) is 15.9 Å². The normalized spacial score (nSPS) is 18.0.